The van der Waals surface area contributed by atoms with E-state index in [0.29, 0.717) is 5.69 Å². The molecule has 3 rings (SSSR count). The van der Waals surface area contributed by atoms with E-state index in [1.807, 2.05) is 7.05 Å². The van der Waals surface area contributed by atoms with Crippen LogP contribution in [0.3, 0.4) is 0 Å². The average molecular weight is 227 g/mol. The number of nitrogens with two attached hydrogens (primary N) is 1. The second-order valence-electron chi connectivity index (χ2n) is 4.74. The molecule has 0 unspecified atom stereocenters. The van der Waals surface area contributed by atoms with Crippen molar-refractivity contribution in [2.45, 2.75) is 25.2 Å². The lowest BCUT2D eigenvalue weighted by Crippen LogP contribution is -2.08. The summed E-state index contributed by atoms with van der Waals surface area (Å²) in [7, 11) is 1.90. The van der Waals surface area contributed by atoms with Gasteiger partial charge >= 0.3 is 0 Å². The molecule has 1 aliphatic rings. The molecule has 88 valence electrons. The van der Waals surface area contributed by atoms with Gasteiger partial charge in [0.1, 0.15) is 0 Å². The van der Waals surface area contributed by atoms with Gasteiger partial charge in [0.05, 0.1) is 23.1 Å². The Morgan fingerprint density at radius 3 is 2.82 bits per heavy atom. The van der Waals surface area contributed by atoms with Crippen molar-refractivity contribution in [2.75, 3.05) is 18.1 Å². The Hall–Kier alpha value is -1.77. The van der Waals surface area contributed by atoms with Crippen LogP contribution in [0.25, 0.3) is 10.9 Å². The second-order valence-corrected chi connectivity index (χ2v) is 4.74. The van der Waals surface area contributed by atoms with E-state index in [-0.39, 0.29) is 0 Å². The minimum atomic E-state index is 0.714. The van der Waals surface area contributed by atoms with Crippen LogP contribution < -0.4 is 11.1 Å². The fourth-order valence-electron chi connectivity index (χ4n) is 2.50. The number of nitrogens with zero attached hydrogens (tertiary/aromatic N) is 1. The molecule has 0 saturated heterocycles. The van der Waals surface area contributed by atoms with Crippen molar-refractivity contribution in [3.05, 3.63) is 30.0 Å². The Morgan fingerprint density at radius 1 is 1.35 bits per heavy atom. The normalized spacial score (nSPS) is 15.8. The zero-order valence-electron chi connectivity index (χ0n) is 10.0. The van der Waals surface area contributed by atoms with Crippen molar-refractivity contribution in [1.29, 1.82) is 0 Å². The molecule has 2 aromatic rings. The zero-order valence-corrected chi connectivity index (χ0v) is 10.0. The third-order valence-corrected chi connectivity index (χ3v) is 3.75. The van der Waals surface area contributed by atoms with Gasteiger partial charge in [-0.1, -0.05) is 12.5 Å². The molecule has 0 amide bonds. The van der Waals surface area contributed by atoms with E-state index in [4.69, 9.17) is 5.73 Å². The van der Waals surface area contributed by atoms with Crippen LogP contribution in [0.4, 0.5) is 11.4 Å². The molecule has 0 atom stereocenters. The molecule has 1 aliphatic carbocycles. The van der Waals surface area contributed by atoms with E-state index in [2.05, 4.69) is 28.5 Å². The molecule has 1 fully saturated rings. The van der Waals surface area contributed by atoms with Crippen LogP contribution in [0, 0.1) is 0 Å². The third kappa shape index (κ3) is 1.62. The number of nitrogen functional groups attached to an aromatic ring is 1. The van der Waals surface area contributed by atoms with Gasteiger partial charge in [0.2, 0.25) is 0 Å². The number of hydrogen-bond acceptors (Lipinski definition) is 3. The molecule has 1 heterocycles. The van der Waals surface area contributed by atoms with Crippen molar-refractivity contribution in [2.24, 2.45) is 0 Å². The molecule has 3 N–H and O–H groups in total. The van der Waals surface area contributed by atoms with Crippen molar-refractivity contribution in [3.8, 4) is 0 Å². The molecule has 0 aliphatic heterocycles. The lowest BCUT2D eigenvalue weighted by atomic mass is 9.80. The van der Waals surface area contributed by atoms with Crippen LogP contribution >= 0.6 is 0 Å². The molecule has 0 bridgehead atoms. The maximum absolute atomic E-state index is 5.94. The number of nitrogens with one attached hydrogen (secondary N) is 1. The summed E-state index contributed by atoms with van der Waals surface area (Å²) in [6.07, 6.45) is 5.71. The highest BCUT2D eigenvalue weighted by molar-refractivity contribution is 5.97. The van der Waals surface area contributed by atoms with Crippen LogP contribution in [0.1, 0.15) is 30.7 Å². The minimum Gasteiger partial charge on any atom is -0.396 e. The smallest absolute Gasteiger partial charge is 0.0742 e. The Labute approximate surface area is 101 Å². The number of hydrogen-bond donors (Lipinski definition) is 2. The van der Waals surface area contributed by atoms with Crippen LogP contribution in [0.5, 0.6) is 0 Å². The Kier molecular flexibility index (Phi) is 2.39. The average Bonchev–Trinajstić information content (AvgIpc) is 2.26. The summed E-state index contributed by atoms with van der Waals surface area (Å²) in [6.45, 7) is 0. The quantitative estimate of drug-likeness (QED) is 0.828. The highest BCUT2D eigenvalue weighted by Crippen LogP contribution is 2.38. The molecular formula is C14H17N3. The van der Waals surface area contributed by atoms with Crippen LogP contribution in [-0.4, -0.2) is 12.0 Å². The summed E-state index contributed by atoms with van der Waals surface area (Å²) in [5.74, 6) is 0.741. The van der Waals surface area contributed by atoms with Gasteiger partial charge in [-0.25, -0.2) is 0 Å². The second kappa shape index (κ2) is 3.91. The fraction of sp³-hybridized carbons (Fsp3) is 0.357. The van der Waals surface area contributed by atoms with Gasteiger partial charge < -0.3 is 11.1 Å². The standard InChI is InChI=1S/C14H17N3/c1-16-14-11-7-10(9-3-2-4-9)5-6-13(11)17-8-12(14)15/h5-9H,2-4,15H2,1H3,(H,16,17). The monoisotopic (exact) mass is 227 g/mol. The van der Waals surface area contributed by atoms with E-state index in [9.17, 15) is 0 Å². The number of pyridine rings is 1. The zero-order chi connectivity index (χ0) is 11.8. The van der Waals surface area contributed by atoms with E-state index in [1.165, 1.54) is 24.8 Å². The lowest BCUT2D eigenvalue weighted by molar-refractivity contribution is 0.420. The van der Waals surface area contributed by atoms with E-state index < -0.39 is 0 Å². The highest BCUT2D eigenvalue weighted by Gasteiger charge is 2.20. The first-order chi connectivity index (χ1) is 8.29. The number of anilines is 2. The van der Waals surface area contributed by atoms with Crippen LogP contribution in [-0.2, 0) is 0 Å². The maximum atomic E-state index is 5.94. The first-order valence-electron chi connectivity index (χ1n) is 6.15. The molecule has 0 spiro atoms. The van der Waals surface area contributed by atoms with Crippen molar-refractivity contribution in [3.63, 3.8) is 0 Å². The van der Waals surface area contributed by atoms with Gasteiger partial charge in [-0.2, -0.15) is 0 Å². The predicted molar refractivity (Wildman–Crippen MR) is 72.3 cm³/mol. The maximum Gasteiger partial charge on any atom is 0.0742 e. The van der Waals surface area contributed by atoms with Crippen LogP contribution in [0.2, 0.25) is 0 Å². The Morgan fingerprint density at radius 2 is 2.18 bits per heavy atom. The molecule has 3 nitrogen and oxygen atoms in total. The summed E-state index contributed by atoms with van der Waals surface area (Å²) < 4.78 is 0. The summed E-state index contributed by atoms with van der Waals surface area (Å²) >= 11 is 0. The number of aromatic nitrogens is 1. The van der Waals surface area contributed by atoms with Crippen molar-refractivity contribution in [1.82, 2.24) is 4.98 Å². The molecule has 17 heavy (non-hydrogen) atoms. The molecular weight excluding hydrogens is 210 g/mol. The van der Waals surface area contributed by atoms with Gasteiger partial charge in [-0.3, -0.25) is 4.98 Å². The predicted octanol–water partition coefficient (Wildman–Crippen LogP) is 3.13. The summed E-state index contributed by atoms with van der Waals surface area (Å²) in [4.78, 5) is 4.37. The first-order valence-corrected chi connectivity index (χ1v) is 6.15. The van der Waals surface area contributed by atoms with Gasteiger partial charge in [0, 0.05) is 12.4 Å². The largest absolute Gasteiger partial charge is 0.396 e. The van der Waals surface area contributed by atoms with E-state index in [1.54, 1.807) is 6.20 Å². The Bertz CT molecular complexity index is 559. The minimum absolute atomic E-state index is 0.714. The van der Waals surface area contributed by atoms with E-state index in [0.717, 1.165) is 22.5 Å². The summed E-state index contributed by atoms with van der Waals surface area (Å²) in [5.41, 5.74) is 10.1. The van der Waals surface area contributed by atoms with Gasteiger partial charge in [0.25, 0.3) is 0 Å². The number of rotatable bonds is 2. The van der Waals surface area contributed by atoms with E-state index >= 15 is 0 Å². The van der Waals surface area contributed by atoms with Gasteiger partial charge in [-0.15, -0.1) is 0 Å². The van der Waals surface area contributed by atoms with Crippen molar-refractivity contribution >= 4 is 22.3 Å². The number of fused-ring (bicyclic) bond motifs is 1. The van der Waals surface area contributed by atoms with Crippen LogP contribution in [0.15, 0.2) is 24.4 Å². The summed E-state index contributed by atoms with van der Waals surface area (Å²) in [6, 6.07) is 6.55. The lowest BCUT2D eigenvalue weighted by Gasteiger charge is -2.26. The Balaban J connectivity index is 2.18. The molecule has 1 aromatic heterocycles. The molecule has 1 saturated carbocycles. The van der Waals surface area contributed by atoms with Gasteiger partial charge in [0.15, 0.2) is 0 Å². The SMILES string of the molecule is CNc1c(N)cnc2ccc(C3CCC3)cc12. The summed E-state index contributed by atoms with van der Waals surface area (Å²) in [5, 5.41) is 4.31. The first kappa shape index (κ1) is 10.4. The fourth-order valence-corrected chi connectivity index (χ4v) is 2.50. The molecule has 1 aromatic carbocycles. The third-order valence-electron chi connectivity index (χ3n) is 3.75. The van der Waals surface area contributed by atoms with Crippen molar-refractivity contribution < 1.29 is 0 Å². The molecule has 3 heteroatoms. The molecule has 0 radical (unpaired) electrons. The van der Waals surface area contributed by atoms with Gasteiger partial charge in [-0.05, 0) is 36.5 Å². The number of benzene rings is 1. The highest BCUT2D eigenvalue weighted by atomic mass is 14.9. The topological polar surface area (TPSA) is 50.9 Å².